The molecule has 0 saturated carbocycles. The molecule has 0 atom stereocenters. The Morgan fingerprint density at radius 3 is 2.60 bits per heavy atom. The molecule has 0 bridgehead atoms. The number of amides is 1. The lowest BCUT2D eigenvalue weighted by molar-refractivity contribution is -0.111. The van der Waals surface area contributed by atoms with Crippen molar-refractivity contribution in [3.05, 3.63) is 92.9 Å². The van der Waals surface area contributed by atoms with Crippen molar-refractivity contribution in [1.29, 1.82) is 0 Å². The molecule has 3 aromatic carbocycles. The van der Waals surface area contributed by atoms with Crippen LogP contribution < -0.4 is 14.8 Å². The molecular formula is C24H21BrClNO3. The molecule has 0 aliphatic rings. The largest absolute Gasteiger partial charge is 0.493 e. The molecule has 6 heteroatoms. The summed E-state index contributed by atoms with van der Waals surface area (Å²) < 4.78 is 12.2. The summed E-state index contributed by atoms with van der Waals surface area (Å²) in [6.07, 6.45) is 3.17. The lowest BCUT2D eigenvalue weighted by atomic mass is 10.1. The highest BCUT2D eigenvalue weighted by Crippen LogP contribution is 2.37. The third kappa shape index (κ3) is 5.88. The van der Waals surface area contributed by atoms with Crippen molar-refractivity contribution in [2.45, 2.75) is 13.5 Å². The minimum absolute atomic E-state index is 0.255. The molecule has 0 radical (unpaired) electrons. The zero-order chi connectivity index (χ0) is 21.5. The van der Waals surface area contributed by atoms with Crippen LogP contribution in [0.5, 0.6) is 11.5 Å². The van der Waals surface area contributed by atoms with E-state index in [1.165, 1.54) is 6.08 Å². The number of rotatable bonds is 7. The molecular weight excluding hydrogens is 466 g/mol. The molecule has 0 aliphatic heterocycles. The Balaban J connectivity index is 1.70. The van der Waals surface area contributed by atoms with Crippen molar-refractivity contribution in [3.8, 4) is 11.5 Å². The zero-order valence-corrected chi connectivity index (χ0v) is 19.0. The average Bonchev–Trinajstić information content (AvgIpc) is 2.74. The minimum atomic E-state index is -0.255. The van der Waals surface area contributed by atoms with Crippen molar-refractivity contribution in [3.63, 3.8) is 0 Å². The first-order valence-electron chi connectivity index (χ1n) is 9.25. The summed E-state index contributed by atoms with van der Waals surface area (Å²) >= 11 is 9.63. The van der Waals surface area contributed by atoms with Crippen LogP contribution in [0, 0.1) is 6.92 Å². The van der Waals surface area contributed by atoms with Gasteiger partial charge >= 0.3 is 0 Å². The Kier molecular flexibility index (Phi) is 7.55. The molecule has 0 unspecified atom stereocenters. The van der Waals surface area contributed by atoms with Gasteiger partial charge in [-0.1, -0.05) is 48.0 Å². The van der Waals surface area contributed by atoms with Crippen molar-refractivity contribution in [2.75, 3.05) is 12.4 Å². The smallest absolute Gasteiger partial charge is 0.248 e. The summed E-state index contributed by atoms with van der Waals surface area (Å²) in [5.74, 6) is 0.928. The number of hydrogen-bond acceptors (Lipinski definition) is 3. The third-order valence-electron chi connectivity index (χ3n) is 4.34. The topological polar surface area (TPSA) is 47.6 Å². The maximum Gasteiger partial charge on any atom is 0.248 e. The Labute approximate surface area is 189 Å². The van der Waals surface area contributed by atoms with Crippen LogP contribution >= 0.6 is 27.5 Å². The Morgan fingerprint density at radius 1 is 1.13 bits per heavy atom. The monoisotopic (exact) mass is 485 g/mol. The molecule has 3 aromatic rings. The number of carbonyl (C=O) groups excluding carboxylic acids is 1. The van der Waals surface area contributed by atoms with Gasteiger partial charge in [-0.3, -0.25) is 4.79 Å². The van der Waals surface area contributed by atoms with Crippen molar-refractivity contribution in [2.24, 2.45) is 0 Å². The molecule has 154 valence electrons. The van der Waals surface area contributed by atoms with E-state index >= 15 is 0 Å². The first kappa shape index (κ1) is 21.9. The number of anilines is 1. The maximum absolute atomic E-state index is 12.2. The van der Waals surface area contributed by atoms with Gasteiger partial charge in [-0.05, 0) is 69.9 Å². The second-order valence-corrected chi connectivity index (χ2v) is 7.86. The molecule has 3 rings (SSSR count). The van der Waals surface area contributed by atoms with Gasteiger partial charge in [-0.2, -0.15) is 0 Å². The van der Waals surface area contributed by atoms with Gasteiger partial charge in [0.15, 0.2) is 11.5 Å². The van der Waals surface area contributed by atoms with Gasteiger partial charge in [0.2, 0.25) is 5.91 Å². The lowest BCUT2D eigenvalue weighted by Crippen LogP contribution is -2.07. The van der Waals surface area contributed by atoms with Crippen molar-refractivity contribution in [1.82, 2.24) is 0 Å². The van der Waals surface area contributed by atoms with Crippen LogP contribution in [-0.2, 0) is 11.4 Å². The predicted octanol–water partition coefficient (Wildman–Crippen LogP) is 6.65. The Hall–Kier alpha value is -2.76. The number of nitrogens with one attached hydrogen (secondary N) is 1. The van der Waals surface area contributed by atoms with Crippen LogP contribution in [0.4, 0.5) is 5.69 Å². The SMILES string of the molecule is COc1cc(/C=C/C(=O)Nc2ccc(C)c(Cl)c2)cc(Br)c1OCc1ccccc1. The molecule has 1 N–H and O–H groups in total. The van der Waals surface area contributed by atoms with E-state index in [0.717, 1.165) is 21.2 Å². The van der Waals surface area contributed by atoms with Crippen LogP contribution in [0.3, 0.4) is 0 Å². The van der Waals surface area contributed by atoms with Gasteiger partial charge < -0.3 is 14.8 Å². The van der Waals surface area contributed by atoms with Crippen LogP contribution in [0.15, 0.2) is 71.2 Å². The van der Waals surface area contributed by atoms with Crippen LogP contribution in [0.2, 0.25) is 5.02 Å². The maximum atomic E-state index is 12.2. The van der Waals surface area contributed by atoms with Crippen LogP contribution in [0.1, 0.15) is 16.7 Å². The molecule has 0 aromatic heterocycles. The number of methoxy groups -OCH3 is 1. The fraction of sp³-hybridized carbons (Fsp3) is 0.125. The standard InChI is InChI=1S/C24H21BrClNO3/c1-16-8-10-19(14-21(16)26)27-23(28)11-9-18-12-20(25)24(22(13-18)29-2)30-15-17-6-4-3-5-7-17/h3-14H,15H2,1-2H3,(H,27,28)/b11-9+. The minimum Gasteiger partial charge on any atom is -0.493 e. The molecule has 4 nitrogen and oxygen atoms in total. The number of ether oxygens (including phenoxy) is 2. The fourth-order valence-corrected chi connectivity index (χ4v) is 3.49. The second kappa shape index (κ2) is 10.3. The molecule has 0 spiro atoms. The number of aryl methyl sites for hydroxylation is 1. The fourth-order valence-electron chi connectivity index (χ4n) is 2.73. The first-order chi connectivity index (χ1) is 14.5. The number of halogens is 2. The van der Waals surface area contributed by atoms with E-state index in [9.17, 15) is 4.79 Å². The normalized spacial score (nSPS) is 10.8. The third-order valence-corrected chi connectivity index (χ3v) is 5.34. The highest BCUT2D eigenvalue weighted by Gasteiger charge is 2.11. The van der Waals surface area contributed by atoms with Crippen LogP contribution in [-0.4, -0.2) is 13.0 Å². The quantitative estimate of drug-likeness (QED) is 0.380. The highest BCUT2D eigenvalue weighted by molar-refractivity contribution is 9.10. The summed E-state index contributed by atoms with van der Waals surface area (Å²) in [5, 5.41) is 3.40. The number of hydrogen-bond donors (Lipinski definition) is 1. The predicted molar refractivity (Wildman–Crippen MR) is 125 cm³/mol. The van der Waals surface area contributed by atoms with Gasteiger partial charge in [0.1, 0.15) is 6.61 Å². The molecule has 0 fully saturated rings. The van der Waals surface area contributed by atoms with E-state index in [-0.39, 0.29) is 5.91 Å². The van der Waals surface area contributed by atoms with E-state index in [1.54, 1.807) is 19.3 Å². The number of carbonyl (C=O) groups is 1. The molecule has 30 heavy (non-hydrogen) atoms. The molecule has 0 heterocycles. The highest BCUT2D eigenvalue weighted by atomic mass is 79.9. The van der Waals surface area contributed by atoms with E-state index in [2.05, 4.69) is 21.2 Å². The zero-order valence-electron chi connectivity index (χ0n) is 16.6. The summed E-state index contributed by atoms with van der Waals surface area (Å²) in [7, 11) is 1.58. The second-order valence-electron chi connectivity index (χ2n) is 6.59. The van der Waals surface area contributed by atoms with Gasteiger partial charge in [-0.25, -0.2) is 0 Å². The van der Waals surface area contributed by atoms with E-state index < -0.39 is 0 Å². The number of benzene rings is 3. The van der Waals surface area contributed by atoms with Crippen molar-refractivity contribution < 1.29 is 14.3 Å². The van der Waals surface area contributed by atoms with E-state index in [4.69, 9.17) is 21.1 Å². The Morgan fingerprint density at radius 2 is 1.90 bits per heavy atom. The van der Waals surface area contributed by atoms with Gasteiger partial charge in [0.05, 0.1) is 11.6 Å². The molecule has 0 saturated heterocycles. The lowest BCUT2D eigenvalue weighted by Gasteiger charge is -2.13. The summed E-state index contributed by atoms with van der Waals surface area (Å²) in [6.45, 7) is 2.33. The molecule has 1 amide bonds. The van der Waals surface area contributed by atoms with E-state index in [0.29, 0.717) is 28.8 Å². The first-order valence-corrected chi connectivity index (χ1v) is 10.4. The summed E-state index contributed by atoms with van der Waals surface area (Å²) in [4.78, 5) is 12.2. The van der Waals surface area contributed by atoms with Crippen molar-refractivity contribution >= 4 is 45.2 Å². The Bertz CT molecular complexity index is 1070. The van der Waals surface area contributed by atoms with E-state index in [1.807, 2.05) is 61.5 Å². The molecule has 0 aliphatic carbocycles. The van der Waals surface area contributed by atoms with Crippen LogP contribution in [0.25, 0.3) is 6.08 Å². The average molecular weight is 487 g/mol. The van der Waals surface area contributed by atoms with Gasteiger partial charge in [-0.15, -0.1) is 0 Å². The summed E-state index contributed by atoms with van der Waals surface area (Å²) in [5.41, 5.74) is 3.45. The van der Waals surface area contributed by atoms with Gasteiger partial charge in [0, 0.05) is 16.8 Å². The van der Waals surface area contributed by atoms with Gasteiger partial charge in [0.25, 0.3) is 0 Å². The summed E-state index contributed by atoms with van der Waals surface area (Å²) in [6, 6.07) is 19.0.